The zero-order valence-corrected chi connectivity index (χ0v) is 11.1. The minimum absolute atomic E-state index is 0.347. The highest BCUT2D eigenvalue weighted by Crippen LogP contribution is 2.21. The standard InChI is InChI=1S/C15H23NO/c1-5-15(17)13-7-9-14(10-8-13)16(6-2)11-12(3)4/h7-10,15,17H,3,5-6,11H2,1-2,4H3. The first-order valence-corrected chi connectivity index (χ1v) is 6.25. The highest BCUT2D eigenvalue weighted by atomic mass is 16.3. The molecule has 0 amide bonds. The number of anilines is 1. The maximum atomic E-state index is 9.73. The van der Waals surface area contributed by atoms with Crippen LogP contribution < -0.4 is 4.90 Å². The van der Waals surface area contributed by atoms with Crippen LogP contribution in [0, 0.1) is 0 Å². The predicted octanol–water partition coefficient (Wildman–Crippen LogP) is 3.53. The fourth-order valence-electron chi connectivity index (χ4n) is 1.85. The van der Waals surface area contributed by atoms with Crippen LogP contribution in [0.4, 0.5) is 5.69 Å². The molecule has 0 aliphatic carbocycles. The molecule has 0 saturated carbocycles. The first-order valence-electron chi connectivity index (χ1n) is 6.25. The number of hydrogen-bond donors (Lipinski definition) is 1. The van der Waals surface area contributed by atoms with Crippen LogP contribution in [0.15, 0.2) is 36.4 Å². The van der Waals surface area contributed by atoms with Gasteiger partial charge in [-0.1, -0.05) is 31.2 Å². The van der Waals surface area contributed by atoms with E-state index in [4.69, 9.17) is 0 Å². The second kappa shape index (κ2) is 6.45. The normalized spacial score (nSPS) is 12.2. The Morgan fingerprint density at radius 3 is 2.29 bits per heavy atom. The molecule has 0 heterocycles. The minimum Gasteiger partial charge on any atom is -0.388 e. The number of likely N-dealkylation sites (N-methyl/N-ethyl adjacent to an activating group) is 1. The molecule has 17 heavy (non-hydrogen) atoms. The van der Waals surface area contributed by atoms with E-state index in [1.165, 1.54) is 5.69 Å². The molecule has 0 fully saturated rings. The summed E-state index contributed by atoms with van der Waals surface area (Å²) in [6.07, 6.45) is 0.406. The summed E-state index contributed by atoms with van der Waals surface area (Å²) in [7, 11) is 0. The van der Waals surface area contributed by atoms with Crippen molar-refractivity contribution in [3.05, 3.63) is 42.0 Å². The average molecular weight is 233 g/mol. The lowest BCUT2D eigenvalue weighted by atomic mass is 10.1. The second-order valence-corrected chi connectivity index (χ2v) is 4.49. The first-order chi connectivity index (χ1) is 8.08. The van der Waals surface area contributed by atoms with E-state index in [1.807, 2.05) is 26.0 Å². The van der Waals surface area contributed by atoms with E-state index in [2.05, 4.69) is 30.5 Å². The average Bonchev–Trinajstić information content (AvgIpc) is 2.35. The van der Waals surface area contributed by atoms with Gasteiger partial charge in [-0.15, -0.1) is 0 Å². The van der Waals surface area contributed by atoms with Gasteiger partial charge < -0.3 is 10.0 Å². The zero-order chi connectivity index (χ0) is 12.8. The summed E-state index contributed by atoms with van der Waals surface area (Å²) >= 11 is 0. The molecule has 1 N–H and O–H groups in total. The van der Waals surface area contributed by atoms with E-state index < -0.39 is 0 Å². The van der Waals surface area contributed by atoms with Gasteiger partial charge in [0.25, 0.3) is 0 Å². The fourth-order valence-corrected chi connectivity index (χ4v) is 1.85. The lowest BCUT2D eigenvalue weighted by Crippen LogP contribution is -2.24. The van der Waals surface area contributed by atoms with Gasteiger partial charge >= 0.3 is 0 Å². The Bertz CT molecular complexity index is 356. The number of benzene rings is 1. The molecule has 1 rings (SSSR count). The number of rotatable bonds is 6. The zero-order valence-electron chi connectivity index (χ0n) is 11.1. The van der Waals surface area contributed by atoms with Gasteiger partial charge in [-0.05, 0) is 38.0 Å². The molecule has 2 heteroatoms. The van der Waals surface area contributed by atoms with E-state index in [9.17, 15) is 5.11 Å². The van der Waals surface area contributed by atoms with E-state index in [-0.39, 0.29) is 6.10 Å². The molecule has 1 unspecified atom stereocenters. The summed E-state index contributed by atoms with van der Waals surface area (Å²) in [4.78, 5) is 2.27. The van der Waals surface area contributed by atoms with Crippen LogP contribution in [0.3, 0.4) is 0 Å². The molecule has 0 aliphatic heterocycles. The topological polar surface area (TPSA) is 23.5 Å². The largest absolute Gasteiger partial charge is 0.388 e. The molecular formula is C15H23NO. The van der Waals surface area contributed by atoms with Crippen molar-refractivity contribution in [3.8, 4) is 0 Å². The van der Waals surface area contributed by atoms with Crippen LogP contribution in [0.1, 0.15) is 38.9 Å². The Hall–Kier alpha value is -1.28. The highest BCUT2D eigenvalue weighted by Gasteiger charge is 2.07. The Morgan fingerprint density at radius 1 is 1.29 bits per heavy atom. The molecular weight excluding hydrogens is 210 g/mol. The minimum atomic E-state index is -0.347. The summed E-state index contributed by atoms with van der Waals surface area (Å²) in [5.74, 6) is 0. The smallest absolute Gasteiger partial charge is 0.0787 e. The number of aliphatic hydroxyl groups excluding tert-OH is 1. The van der Waals surface area contributed by atoms with Crippen molar-refractivity contribution in [2.75, 3.05) is 18.0 Å². The molecule has 0 aliphatic rings. The molecule has 0 saturated heterocycles. The van der Waals surface area contributed by atoms with Crippen molar-refractivity contribution >= 4 is 5.69 Å². The molecule has 0 bridgehead atoms. The molecule has 1 aromatic rings. The third kappa shape index (κ3) is 3.90. The van der Waals surface area contributed by atoms with Gasteiger partial charge in [-0.25, -0.2) is 0 Å². The van der Waals surface area contributed by atoms with Gasteiger partial charge in [0, 0.05) is 18.8 Å². The maximum absolute atomic E-state index is 9.73. The van der Waals surface area contributed by atoms with Gasteiger partial charge in [0.05, 0.1) is 6.10 Å². The summed E-state index contributed by atoms with van der Waals surface area (Å²) < 4.78 is 0. The van der Waals surface area contributed by atoms with Crippen molar-refractivity contribution in [1.82, 2.24) is 0 Å². The van der Waals surface area contributed by atoms with E-state index in [0.29, 0.717) is 0 Å². The van der Waals surface area contributed by atoms with Crippen LogP contribution in [-0.4, -0.2) is 18.2 Å². The number of hydrogen-bond acceptors (Lipinski definition) is 2. The Labute approximate surface area is 105 Å². The summed E-state index contributed by atoms with van der Waals surface area (Å²) in [5, 5.41) is 9.73. The van der Waals surface area contributed by atoms with Crippen molar-refractivity contribution in [2.24, 2.45) is 0 Å². The van der Waals surface area contributed by atoms with Crippen LogP contribution >= 0.6 is 0 Å². The van der Waals surface area contributed by atoms with Gasteiger partial charge in [0.15, 0.2) is 0 Å². The predicted molar refractivity (Wildman–Crippen MR) is 74.4 cm³/mol. The molecule has 94 valence electrons. The van der Waals surface area contributed by atoms with Crippen molar-refractivity contribution in [3.63, 3.8) is 0 Å². The molecule has 2 nitrogen and oxygen atoms in total. The van der Waals surface area contributed by atoms with E-state index in [0.717, 1.165) is 30.6 Å². The molecule has 0 radical (unpaired) electrons. The van der Waals surface area contributed by atoms with Crippen molar-refractivity contribution < 1.29 is 5.11 Å². The monoisotopic (exact) mass is 233 g/mol. The lowest BCUT2D eigenvalue weighted by Gasteiger charge is -2.23. The van der Waals surface area contributed by atoms with Crippen LogP contribution in [-0.2, 0) is 0 Å². The van der Waals surface area contributed by atoms with E-state index >= 15 is 0 Å². The Morgan fingerprint density at radius 2 is 1.88 bits per heavy atom. The highest BCUT2D eigenvalue weighted by molar-refractivity contribution is 5.48. The van der Waals surface area contributed by atoms with E-state index in [1.54, 1.807) is 0 Å². The molecule has 1 aromatic carbocycles. The quantitative estimate of drug-likeness (QED) is 0.760. The fraction of sp³-hybridized carbons (Fsp3) is 0.467. The van der Waals surface area contributed by atoms with Gasteiger partial charge in [-0.2, -0.15) is 0 Å². The van der Waals surface area contributed by atoms with Gasteiger partial charge in [0.1, 0.15) is 0 Å². The summed E-state index contributed by atoms with van der Waals surface area (Å²) in [6.45, 7) is 11.9. The number of aliphatic hydroxyl groups is 1. The van der Waals surface area contributed by atoms with Crippen LogP contribution in [0.2, 0.25) is 0 Å². The molecule has 1 atom stereocenters. The second-order valence-electron chi connectivity index (χ2n) is 4.49. The summed E-state index contributed by atoms with van der Waals surface area (Å²) in [5.41, 5.74) is 3.33. The SMILES string of the molecule is C=C(C)CN(CC)c1ccc(C(O)CC)cc1. The number of nitrogens with zero attached hydrogens (tertiary/aromatic N) is 1. The maximum Gasteiger partial charge on any atom is 0.0787 e. The summed E-state index contributed by atoms with van der Waals surface area (Å²) in [6, 6.07) is 8.15. The Balaban J connectivity index is 2.81. The van der Waals surface area contributed by atoms with Gasteiger partial charge in [-0.3, -0.25) is 0 Å². The molecule has 0 spiro atoms. The third-order valence-electron chi connectivity index (χ3n) is 2.87. The van der Waals surface area contributed by atoms with Crippen LogP contribution in [0.5, 0.6) is 0 Å². The molecule has 0 aromatic heterocycles. The van der Waals surface area contributed by atoms with Crippen LogP contribution in [0.25, 0.3) is 0 Å². The van der Waals surface area contributed by atoms with Gasteiger partial charge in [0.2, 0.25) is 0 Å². The lowest BCUT2D eigenvalue weighted by molar-refractivity contribution is 0.173. The third-order valence-corrected chi connectivity index (χ3v) is 2.87. The Kier molecular flexibility index (Phi) is 5.23. The first kappa shape index (κ1) is 13.8. The van der Waals surface area contributed by atoms with Crippen molar-refractivity contribution in [2.45, 2.75) is 33.3 Å². The van der Waals surface area contributed by atoms with Crippen molar-refractivity contribution in [1.29, 1.82) is 0 Å².